The number of nitro groups is 1. The quantitative estimate of drug-likeness (QED) is 0.647. The molecule has 114 valence electrons. The Morgan fingerprint density at radius 3 is 2.55 bits per heavy atom. The standard InChI is InChI=1S/C15H12BrFN2O3/c1-8-5-11(3-4-12(8)16)18-15(20)10-6-13(17)9(2)14(7-10)19(21)22/h3-7H,1-2H3,(H,18,20). The topological polar surface area (TPSA) is 72.2 Å². The highest BCUT2D eigenvalue weighted by Gasteiger charge is 2.19. The highest BCUT2D eigenvalue weighted by molar-refractivity contribution is 9.10. The monoisotopic (exact) mass is 366 g/mol. The van der Waals surface area contributed by atoms with Crippen molar-refractivity contribution in [3.63, 3.8) is 0 Å². The summed E-state index contributed by atoms with van der Waals surface area (Å²) < 4.78 is 14.6. The number of rotatable bonds is 3. The summed E-state index contributed by atoms with van der Waals surface area (Å²) in [5.74, 6) is -1.39. The van der Waals surface area contributed by atoms with Crippen LogP contribution in [-0.4, -0.2) is 10.8 Å². The first-order chi connectivity index (χ1) is 10.3. The Kier molecular flexibility index (Phi) is 4.56. The molecule has 2 aromatic rings. The molecule has 0 heterocycles. The lowest BCUT2D eigenvalue weighted by Crippen LogP contribution is -2.13. The highest BCUT2D eigenvalue weighted by Crippen LogP contribution is 2.24. The Morgan fingerprint density at radius 2 is 1.95 bits per heavy atom. The molecule has 1 amide bonds. The molecule has 0 aromatic heterocycles. The van der Waals surface area contributed by atoms with E-state index in [9.17, 15) is 19.3 Å². The van der Waals surface area contributed by atoms with Gasteiger partial charge in [-0.15, -0.1) is 0 Å². The number of carbonyl (C=O) groups is 1. The fourth-order valence-electron chi connectivity index (χ4n) is 1.91. The molecule has 0 fully saturated rings. The lowest BCUT2D eigenvalue weighted by molar-refractivity contribution is -0.385. The smallest absolute Gasteiger partial charge is 0.276 e. The Hall–Kier alpha value is -2.28. The largest absolute Gasteiger partial charge is 0.322 e. The van der Waals surface area contributed by atoms with E-state index >= 15 is 0 Å². The predicted molar refractivity (Wildman–Crippen MR) is 84.6 cm³/mol. The maximum absolute atomic E-state index is 13.7. The van der Waals surface area contributed by atoms with Crippen LogP contribution in [-0.2, 0) is 0 Å². The number of halogens is 2. The average molecular weight is 367 g/mol. The van der Waals surface area contributed by atoms with Crippen molar-refractivity contribution in [2.75, 3.05) is 5.32 Å². The Morgan fingerprint density at radius 1 is 1.27 bits per heavy atom. The molecule has 7 heteroatoms. The molecule has 0 aliphatic carbocycles. The summed E-state index contributed by atoms with van der Waals surface area (Å²) in [5, 5.41) is 13.5. The van der Waals surface area contributed by atoms with Crippen LogP contribution in [0, 0.1) is 29.8 Å². The lowest BCUT2D eigenvalue weighted by Gasteiger charge is -2.08. The molecular formula is C15H12BrFN2O3. The van der Waals surface area contributed by atoms with Gasteiger partial charge in [0.05, 0.1) is 10.5 Å². The van der Waals surface area contributed by atoms with Crippen LogP contribution in [0.1, 0.15) is 21.5 Å². The molecule has 0 spiro atoms. The van der Waals surface area contributed by atoms with E-state index in [1.807, 2.05) is 6.92 Å². The zero-order valence-corrected chi connectivity index (χ0v) is 13.4. The van der Waals surface area contributed by atoms with Crippen LogP contribution in [0.5, 0.6) is 0 Å². The van der Waals surface area contributed by atoms with Gasteiger partial charge in [-0.05, 0) is 43.7 Å². The van der Waals surface area contributed by atoms with Gasteiger partial charge in [-0.25, -0.2) is 4.39 Å². The van der Waals surface area contributed by atoms with Crippen LogP contribution < -0.4 is 5.32 Å². The van der Waals surface area contributed by atoms with Crippen LogP contribution in [0.2, 0.25) is 0 Å². The third-order valence-corrected chi connectivity index (χ3v) is 4.08. The highest BCUT2D eigenvalue weighted by atomic mass is 79.9. The van der Waals surface area contributed by atoms with Gasteiger partial charge in [0, 0.05) is 21.8 Å². The maximum Gasteiger partial charge on any atom is 0.276 e. The molecule has 22 heavy (non-hydrogen) atoms. The van der Waals surface area contributed by atoms with Crippen molar-refractivity contribution in [1.82, 2.24) is 0 Å². The van der Waals surface area contributed by atoms with Crippen molar-refractivity contribution in [2.24, 2.45) is 0 Å². The predicted octanol–water partition coefficient (Wildman–Crippen LogP) is 4.37. The van der Waals surface area contributed by atoms with E-state index in [1.165, 1.54) is 6.92 Å². The summed E-state index contributed by atoms with van der Waals surface area (Å²) >= 11 is 3.35. The number of aryl methyl sites for hydroxylation is 1. The van der Waals surface area contributed by atoms with Crippen LogP contribution in [0.3, 0.4) is 0 Å². The molecule has 0 saturated heterocycles. The van der Waals surface area contributed by atoms with Gasteiger partial charge in [-0.3, -0.25) is 14.9 Å². The SMILES string of the molecule is Cc1cc(NC(=O)c2cc(F)c(C)c([N+](=O)[O-])c2)ccc1Br. The lowest BCUT2D eigenvalue weighted by atomic mass is 10.1. The Balaban J connectivity index is 2.33. The molecule has 0 aliphatic rings. The molecule has 0 saturated carbocycles. The molecule has 2 rings (SSSR count). The van der Waals surface area contributed by atoms with Gasteiger partial charge in [0.2, 0.25) is 0 Å². The number of anilines is 1. The molecule has 0 atom stereocenters. The number of carbonyl (C=O) groups excluding carboxylic acids is 1. The number of hydrogen-bond acceptors (Lipinski definition) is 3. The maximum atomic E-state index is 13.7. The number of nitrogens with zero attached hydrogens (tertiary/aromatic N) is 1. The first kappa shape index (κ1) is 16.1. The second kappa shape index (κ2) is 6.23. The molecule has 0 bridgehead atoms. The summed E-state index contributed by atoms with van der Waals surface area (Å²) in [6, 6.07) is 7.24. The van der Waals surface area contributed by atoms with E-state index in [0.29, 0.717) is 5.69 Å². The van der Waals surface area contributed by atoms with Gasteiger partial charge >= 0.3 is 0 Å². The third kappa shape index (κ3) is 3.30. The van der Waals surface area contributed by atoms with Crippen molar-refractivity contribution in [1.29, 1.82) is 0 Å². The van der Waals surface area contributed by atoms with Crippen molar-refractivity contribution in [2.45, 2.75) is 13.8 Å². The van der Waals surface area contributed by atoms with Crippen LogP contribution in [0.15, 0.2) is 34.8 Å². The van der Waals surface area contributed by atoms with E-state index in [0.717, 1.165) is 22.2 Å². The van der Waals surface area contributed by atoms with E-state index in [-0.39, 0.29) is 11.1 Å². The van der Waals surface area contributed by atoms with Gasteiger partial charge in [-0.2, -0.15) is 0 Å². The normalized spacial score (nSPS) is 10.4. The first-order valence-corrected chi connectivity index (χ1v) is 7.11. The van der Waals surface area contributed by atoms with Crippen LogP contribution >= 0.6 is 15.9 Å². The molecule has 1 N–H and O–H groups in total. The fourth-order valence-corrected chi connectivity index (χ4v) is 2.16. The molecular weight excluding hydrogens is 355 g/mol. The van der Waals surface area contributed by atoms with Crippen LogP contribution in [0.25, 0.3) is 0 Å². The Bertz CT molecular complexity index is 778. The fraction of sp³-hybridized carbons (Fsp3) is 0.133. The van der Waals surface area contributed by atoms with E-state index in [2.05, 4.69) is 21.2 Å². The van der Waals surface area contributed by atoms with E-state index in [4.69, 9.17) is 0 Å². The molecule has 0 aliphatic heterocycles. The Labute approximate surface area is 134 Å². The van der Waals surface area contributed by atoms with Crippen molar-refractivity contribution in [3.05, 3.63) is 67.4 Å². The van der Waals surface area contributed by atoms with Crippen LogP contribution in [0.4, 0.5) is 15.8 Å². The molecule has 2 aromatic carbocycles. The number of benzene rings is 2. The van der Waals surface area contributed by atoms with E-state index < -0.39 is 22.3 Å². The third-order valence-electron chi connectivity index (χ3n) is 3.19. The number of nitro benzene ring substituents is 1. The zero-order chi connectivity index (χ0) is 16.4. The zero-order valence-electron chi connectivity index (χ0n) is 11.8. The average Bonchev–Trinajstić information content (AvgIpc) is 2.45. The minimum Gasteiger partial charge on any atom is -0.322 e. The molecule has 0 unspecified atom stereocenters. The van der Waals surface area contributed by atoms with Crippen molar-refractivity contribution < 1.29 is 14.1 Å². The summed E-state index contributed by atoms with van der Waals surface area (Å²) in [4.78, 5) is 22.3. The second-order valence-corrected chi connectivity index (χ2v) is 5.63. The number of nitrogens with one attached hydrogen (secondary N) is 1. The van der Waals surface area contributed by atoms with Gasteiger partial charge in [0.15, 0.2) is 0 Å². The summed E-state index contributed by atoms with van der Waals surface area (Å²) in [5.41, 5.74) is 0.821. The van der Waals surface area contributed by atoms with Gasteiger partial charge < -0.3 is 5.32 Å². The van der Waals surface area contributed by atoms with E-state index in [1.54, 1.807) is 18.2 Å². The van der Waals surface area contributed by atoms with Crippen molar-refractivity contribution >= 4 is 33.2 Å². The minimum absolute atomic E-state index is 0.0963. The first-order valence-electron chi connectivity index (χ1n) is 6.31. The van der Waals surface area contributed by atoms with Crippen molar-refractivity contribution in [3.8, 4) is 0 Å². The van der Waals surface area contributed by atoms with Gasteiger partial charge in [0.25, 0.3) is 11.6 Å². The molecule has 0 radical (unpaired) electrons. The van der Waals surface area contributed by atoms with Gasteiger partial charge in [0.1, 0.15) is 5.82 Å². The van der Waals surface area contributed by atoms with Gasteiger partial charge in [-0.1, -0.05) is 15.9 Å². The number of hydrogen-bond donors (Lipinski definition) is 1. The molecule has 5 nitrogen and oxygen atoms in total. The summed E-state index contributed by atoms with van der Waals surface area (Å²) in [6.45, 7) is 3.16. The summed E-state index contributed by atoms with van der Waals surface area (Å²) in [6.07, 6.45) is 0. The second-order valence-electron chi connectivity index (χ2n) is 4.78. The number of amides is 1. The minimum atomic E-state index is -0.786. The summed E-state index contributed by atoms with van der Waals surface area (Å²) in [7, 11) is 0.